The van der Waals surface area contributed by atoms with Crippen LogP contribution in [0.15, 0.2) is 44.6 Å². The second-order valence-electron chi connectivity index (χ2n) is 4.23. The maximum Gasteiger partial charge on any atom is 0.335 e. The molecule has 2 rings (SSSR count). The Bertz CT molecular complexity index is 771. The van der Waals surface area contributed by atoms with Crippen LogP contribution in [0.2, 0.25) is 0 Å². The number of carboxylic acid groups (broad SMARTS) is 1. The number of carboxylic acids is 1. The zero-order chi connectivity index (χ0) is 15.6. The molecular weight excluding hydrogens is 357 g/mol. The lowest BCUT2D eigenvalue weighted by Crippen LogP contribution is -1.99. The van der Waals surface area contributed by atoms with Crippen LogP contribution in [0.1, 0.15) is 21.5 Å². The third-order valence-corrected chi connectivity index (χ3v) is 4.63. The van der Waals surface area contributed by atoms with Crippen molar-refractivity contribution in [1.82, 2.24) is 0 Å². The lowest BCUT2D eigenvalue weighted by atomic mass is 10.1. The summed E-state index contributed by atoms with van der Waals surface area (Å²) in [5, 5.41) is 17.9. The van der Waals surface area contributed by atoms with E-state index in [0.717, 1.165) is 11.8 Å². The Kier molecular flexibility index (Phi) is 4.66. The van der Waals surface area contributed by atoms with Crippen LogP contribution in [0.5, 0.6) is 0 Å². The molecule has 0 saturated heterocycles. The zero-order valence-corrected chi connectivity index (χ0v) is 13.3. The summed E-state index contributed by atoms with van der Waals surface area (Å²) in [5.41, 5.74) is 1.05. The summed E-state index contributed by atoms with van der Waals surface area (Å²) in [6.07, 6.45) is 0. The Labute approximate surface area is 133 Å². The van der Waals surface area contributed by atoms with Crippen LogP contribution in [-0.2, 0) is 0 Å². The molecule has 106 valence electrons. The number of hydrogen-bond donors (Lipinski definition) is 1. The first kappa shape index (κ1) is 15.5. The van der Waals surface area contributed by atoms with Crippen LogP contribution >= 0.6 is 27.7 Å². The third kappa shape index (κ3) is 3.26. The lowest BCUT2D eigenvalue weighted by Gasteiger charge is -2.08. The van der Waals surface area contributed by atoms with Crippen LogP contribution in [0.25, 0.3) is 0 Å². The fourth-order valence-electron chi connectivity index (χ4n) is 1.72. The van der Waals surface area contributed by atoms with E-state index >= 15 is 0 Å². The molecular formula is C15H9BrFNO2S. The number of benzene rings is 2. The van der Waals surface area contributed by atoms with Gasteiger partial charge in [-0.2, -0.15) is 5.26 Å². The molecule has 0 spiro atoms. The van der Waals surface area contributed by atoms with E-state index < -0.39 is 11.8 Å². The minimum Gasteiger partial charge on any atom is -0.478 e. The summed E-state index contributed by atoms with van der Waals surface area (Å²) in [7, 11) is 0. The molecule has 0 heterocycles. The average molecular weight is 366 g/mol. The van der Waals surface area contributed by atoms with Gasteiger partial charge in [0, 0.05) is 9.79 Å². The Morgan fingerprint density at radius 2 is 2.10 bits per heavy atom. The Morgan fingerprint density at radius 1 is 1.38 bits per heavy atom. The summed E-state index contributed by atoms with van der Waals surface area (Å²) >= 11 is 4.16. The fraction of sp³-hybridized carbons (Fsp3) is 0.0667. The van der Waals surface area contributed by atoms with Crippen molar-refractivity contribution in [3.05, 3.63) is 57.3 Å². The van der Waals surface area contributed by atoms with E-state index in [0.29, 0.717) is 15.4 Å². The van der Waals surface area contributed by atoms with Crippen LogP contribution in [0.4, 0.5) is 4.39 Å². The molecule has 0 saturated carbocycles. The smallest absolute Gasteiger partial charge is 0.335 e. The molecule has 1 N–H and O–H groups in total. The summed E-state index contributed by atoms with van der Waals surface area (Å²) in [4.78, 5) is 12.0. The number of rotatable bonds is 3. The highest BCUT2D eigenvalue weighted by atomic mass is 79.9. The number of halogens is 2. The number of nitriles is 1. The molecule has 21 heavy (non-hydrogen) atoms. The van der Waals surface area contributed by atoms with Crippen molar-refractivity contribution >= 4 is 33.7 Å². The standard InChI is InChI=1S/C15H9BrFNO2S/c1-8-2-4-10(6-11(8)15(19)20)21-12-5-3-9(7-18)13(16)14(12)17/h2-6H,1H3,(H,19,20). The van der Waals surface area contributed by atoms with Gasteiger partial charge >= 0.3 is 5.97 Å². The highest BCUT2D eigenvalue weighted by Gasteiger charge is 2.14. The van der Waals surface area contributed by atoms with Gasteiger partial charge in [-0.05, 0) is 52.7 Å². The van der Waals surface area contributed by atoms with E-state index in [2.05, 4.69) is 15.9 Å². The van der Waals surface area contributed by atoms with Crippen LogP contribution in [-0.4, -0.2) is 11.1 Å². The summed E-state index contributed by atoms with van der Waals surface area (Å²) < 4.78 is 14.2. The van der Waals surface area contributed by atoms with Crippen LogP contribution < -0.4 is 0 Å². The lowest BCUT2D eigenvalue weighted by molar-refractivity contribution is 0.0696. The molecule has 0 aliphatic rings. The van der Waals surface area contributed by atoms with Crippen molar-refractivity contribution in [2.24, 2.45) is 0 Å². The largest absolute Gasteiger partial charge is 0.478 e. The van der Waals surface area contributed by atoms with E-state index in [-0.39, 0.29) is 15.6 Å². The fourth-order valence-corrected chi connectivity index (χ4v) is 3.18. The SMILES string of the molecule is Cc1ccc(Sc2ccc(C#N)c(Br)c2F)cc1C(=O)O. The summed E-state index contributed by atoms with van der Waals surface area (Å²) in [6.45, 7) is 1.71. The van der Waals surface area contributed by atoms with Gasteiger partial charge in [-0.1, -0.05) is 17.8 Å². The summed E-state index contributed by atoms with van der Waals surface area (Å²) in [6, 6.07) is 9.83. The molecule has 0 bridgehead atoms. The van der Waals surface area contributed by atoms with Crippen molar-refractivity contribution in [2.45, 2.75) is 16.7 Å². The topological polar surface area (TPSA) is 61.1 Å². The maximum absolute atomic E-state index is 14.1. The molecule has 2 aromatic carbocycles. The van der Waals surface area contributed by atoms with E-state index in [1.807, 2.05) is 6.07 Å². The Morgan fingerprint density at radius 3 is 2.71 bits per heavy atom. The first-order chi connectivity index (χ1) is 9.93. The Balaban J connectivity index is 2.40. The van der Waals surface area contributed by atoms with E-state index in [1.54, 1.807) is 19.1 Å². The number of aromatic carboxylic acids is 1. The highest BCUT2D eigenvalue weighted by Crippen LogP contribution is 2.35. The second kappa shape index (κ2) is 6.29. The summed E-state index contributed by atoms with van der Waals surface area (Å²) in [5.74, 6) is -1.55. The molecule has 0 unspecified atom stereocenters. The molecule has 0 fully saturated rings. The van der Waals surface area contributed by atoms with E-state index in [1.165, 1.54) is 18.2 Å². The predicted molar refractivity (Wildman–Crippen MR) is 81.1 cm³/mol. The van der Waals surface area contributed by atoms with Crippen molar-refractivity contribution in [3.63, 3.8) is 0 Å². The normalized spacial score (nSPS) is 10.2. The molecule has 6 heteroatoms. The monoisotopic (exact) mass is 365 g/mol. The van der Waals surface area contributed by atoms with E-state index in [9.17, 15) is 9.18 Å². The number of nitrogens with zero attached hydrogens (tertiary/aromatic N) is 1. The third-order valence-electron chi connectivity index (χ3n) is 2.83. The van der Waals surface area contributed by atoms with Gasteiger partial charge in [-0.3, -0.25) is 0 Å². The minimum absolute atomic E-state index is 0.112. The van der Waals surface area contributed by atoms with Crippen molar-refractivity contribution in [2.75, 3.05) is 0 Å². The molecule has 2 aromatic rings. The molecule has 0 atom stereocenters. The van der Waals surface area contributed by atoms with Gasteiger partial charge in [0.05, 0.1) is 15.6 Å². The van der Waals surface area contributed by atoms with Gasteiger partial charge in [-0.15, -0.1) is 0 Å². The van der Waals surface area contributed by atoms with Gasteiger partial charge in [0.1, 0.15) is 6.07 Å². The molecule has 0 aliphatic carbocycles. The molecule has 0 amide bonds. The van der Waals surface area contributed by atoms with Crippen molar-refractivity contribution < 1.29 is 14.3 Å². The van der Waals surface area contributed by atoms with Crippen LogP contribution in [0.3, 0.4) is 0 Å². The van der Waals surface area contributed by atoms with Crippen LogP contribution in [0, 0.1) is 24.1 Å². The quantitative estimate of drug-likeness (QED) is 0.861. The van der Waals surface area contributed by atoms with Gasteiger partial charge in [0.2, 0.25) is 0 Å². The number of carbonyl (C=O) groups is 1. The second-order valence-corrected chi connectivity index (χ2v) is 6.14. The maximum atomic E-state index is 14.1. The van der Waals surface area contributed by atoms with Crippen molar-refractivity contribution in [1.29, 1.82) is 5.26 Å². The zero-order valence-electron chi connectivity index (χ0n) is 10.9. The Hall–Kier alpha value is -1.84. The molecule has 0 aromatic heterocycles. The minimum atomic E-state index is -1.02. The van der Waals surface area contributed by atoms with Gasteiger partial charge < -0.3 is 5.11 Å². The molecule has 0 aliphatic heterocycles. The van der Waals surface area contributed by atoms with Gasteiger partial charge in [-0.25, -0.2) is 9.18 Å². The van der Waals surface area contributed by atoms with Gasteiger partial charge in [0.25, 0.3) is 0 Å². The number of aryl methyl sites for hydroxylation is 1. The molecule has 3 nitrogen and oxygen atoms in total. The first-order valence-electron chi connectivity index (χ1n) is 5.84. The van der Waals surface area contributed by atoms with Gasteiger partial charge in [0.15, 0.2) is 5.82 Å². The van der Waals surface area contributed by atoms with E-state index in [4.69, 9.17) is 10.4 Å². The van der Waals surface area contributed by atoms with Crippen molar-refractivity contribution in [3.8, 4) is 6.07 Å². The number of hydrogen-bond acceptors (Lipinski definition) is 3. The molecule has 0 radical (unpaired) electrons. The predicted octanol–water partition coefficient (Wildman–Crippen LogP) is 4.62. The average Bonchev–Trinajstić information content (AvgIpc) is 2.46. The first-order valence-corrected chi connectivity index (χ1v) is 7.45. The highest BCUT2D eigenvalue weighted by molar-refractivity contribution is 9.10.